The number of hydrogen-bond donors (Lipinski definition) is 1. The van der Waals surface area contributed by atoms with Crippen LogP contribution >= 0.6 is 22.6 Å². The minimum Gasteiger partial charge on any atom is -0.464 e. The summed E-state index contributed by atoms with van der Waals surface area (Å²) in [5.74, 6) is -1.93. The Hall–Kier alpha value is -1.20. The molecule has 0 spiro atoms. The van der Waals surface area contributed by atoms with E-state index in [1.54, 1.807) is 24.3 Å². The van der Waals surface area contributed by atoms with Gasteiger partial charge in [0.05, 0.1) is 12.0 Å². The minimum atomic E-state index is -4.16. The zero-order chi connectivity index (χ0) is 15.9. The lowest BCUT2D eigenvalue weighted by atomic mass is 10.2. The molecule has 0 aromatic heterocycles. The van der Waals surface area contributed by atoms with Gasteiger partial charge in [0.2, 0.25) is 0 Å². The van der Waals surface area contributed by atoms with Crippen molar-refractivity contribution in [2.45, 2.75) is 6.42 Å². The van der Waals surface area contributed by atoms with Crippen LogP contribution in [0.4, 0.5) is 0 Å². The Morgan fingerprint density at radius 2 is 1.81 bits per heavy atom. The number of ether oxygens (including phenoxy) is 2. The molecule has 0 saturated carbocycles. The fourth-order valence-electron chi connectivity index (χ4n) is 1.26. The highest BCUT2D eigenvalue weighted by Crippen LogP contribution is 2.12. The summed E-state index contributed by atoms with van der Waals surface area (Å²) in [6, 6.07) is 6.84. The van der Waals surface area contributed by atoms with E-state index in [4.69, 9.17) is 9.29 Å². The van der Waals surface area contributed by atoms with Crippen LogP contribution in [0.5, 0.6) is 0 Å². The predicted octanol–water partition coefficient (Wildman–Crippen LogP) is 1.27. The van der Waals surface area contributed by atoms with E-state index in [0.29, 0.717) is 5.56 Å². The van der Waals surface area contributed by atoms with Crippen molar-refractivity contribution in [2.75, 3.05) is 19.0 Å². The number of halogens is 1. The van der Waals surface area contributed by atoms with Gasteiger partial charge in [-0.3, -0.25) is 9.35 Å². The molecule has 0 aliphatic rings. The molecule has 7 nitrogen and oxygen atoms in total. The van der Waals surface area contributed by atoms with E-state index in [-0.39, 0.29) is 13.0 Å². The fourth-order valence-corrected chi connectivity index (χ4v) is 2.17. The van der Waals surface area contributed by atoms with Gasteiger partial charge in [0.15, 0.2) is 0 Å². The highest BCUT2D eigenvalue weighted by atomic mass is 127. The monoisotopic (exact) mass is 428 g/mol. The number of esters is 2. The zero-order valence-electron chi connectivity index (χ0n) is 10.8. The summed E-state index contributed by atoms with van der Waals surface area (Å²) in [6.45, 7) is -0.614. The fraction of sp³-hybridized carbons (Fsp3) is 0.333. The van der Waals surface area contributed by atoms with Crippen LogP contribution in [-0.4, -0.2) is 43.9 Å². The van der Waals surface area contributed by atoms with Crippen molar-refractivity contribution in [3.8, 4) is 0 Å². The lowest BCUT2D eigenvalue weighted by Crippen LogP contribution is -2.17. The van der Waals surface area contributed by atoms with Gasteiger partial charge in [-0.1, -0.05) is 12.1 Å². The maximum atomic E-state index is 11.7. The van der Waals surface area contributed by atoms with Crippen LogP contribution in [0.1, 0.15) is 16.8 Å². The van der Waals surface area contributed by atoms with Gasteiger partial charge in [-0.25, -0.2) is 4.79 Å². The molecule has 0 bridgehead atoms. The SMILES string of the molecule is O=C(CCOC(=O)c1ccccc1I)OCCS(=O)(=O)O. The van der Waals surface area contributed by atoms with Crippen molar-refractivity contribution in [1.82, 2.24) is 0 Å². The summed E-state index contributed by atoms with van der Waals surface area (Å²) >= 11 is 1.99. The molecule has 0 saturated heterocycles. The predicted molar refractivity (Wildman–Crippen MR) is 81.4 cm³/mol. The van der Waals surface area contributed by atoms with E-state index in [1.807, 2.05) is 22.6 Å². The average Bonchev–Trinajstić information content (AvgIpc) is 2.37. The molecular weight excluding hydrogens is 415 g/mol. The zero-order valence-corrected chi connectivity index (χ0v) is 13.8. The van der Waals surface area contributed by atoms with Crippen LogP contribution in [-0.2, 0) is 24.4 Å². The molecule has 0 aliphatic heterocycles. The number of hydrogen-bond acceptors (Lipinski definition) is 6. The Kier molecular flexibility index (Phi) is 7.05. The second-order valence-corrected chi connectivity index (χ2v) is 6.61. The molecule has 1 aromatic rings. The largest absolute Gasteiger partial charge is 0.464 e. The van der Waals surface area contributed by atoms with Gasteiger partial charge in [0.25, 0.3) is 10.1 Å². The molecule has 9 heteroatoms. The van der Waals surface area contributed by atoms with Crippen LogP contribution in [0.15, 0.2) is 24.3 Å². The lowest BCUT2D eigenvalue weighted by Gasteiger charge is -2.06. The van der Waals surface area contributed by atoms with Gasteiger partial charge in [-0.15, -0.1) is 0 Å². The molecule has 0 radical (unpaired) electrons. The maximum Gasteiger partial charge on any atom is 0.339 e. The van der Waals surface area contributed by atoms with Crippen LogP contribution in [0, 0.1) is 3.57 Å². The van der Waals surface area contributed by atoms with Crippen molar-refractivity contribution >= 4 is 44.6 Å². The minimum absolute atomic E-state index is 0.172. The molecule has 1 aromatic carbocycles. The van der Waals surface area contributed by atoms with E-state index in [1.165, 1.54) is 0 Å². The van der Waals surface area contributed by atoms with Gasteiger partial charge >= 0.3 is 11.9 Å². The first-order chi connectivity index (χ1) is 9.79. The highest BCUT2D eigenvalue weighted by molar-refractivity contribution is 14.1. The van der Waals surface area contributed by atoms with Crippen molar-refractivity contribution in [1.29, 1.82) is 0 Å². The van der Waals surface area contributed by atoms with Gasteiger partial charge in [0.1, 0.15) is 19.0 Å². The van der Waals surface area contributed by atoms with Crippen molar-refractivity contribution in [3.63, 3.8) is 0 Å². The van der Waals surface area contributed by atoms with E-state index in [2.05, 4.69) is 4.74 Å². The highest BCUT2D eigenvalue weighted by Gasteiger charge is 2.12. The Labute approximate surface area is 135 Å². The first-order valence-corrected chi connectivity index (χ1v) is 8.51. The molecule has 1 N–H and O–H groups in total. The molecule has 0 amide bonds. The van der Waals surface area contributed by atoms with Crippen LogP contribution < -0.4 is 0 Å². The van der Waals surface area contributed by atoms with Crippen LogP contribution in [0.25, 0.3) is 0 Å². The summed E-state index contributed by atoms with van der Waals surface area (Å²) in [5, 5.41) is 0. The summed E-state index contributed by atoms with van der Waals surface area (Å²) in [5.41, 5.74) is 0.401. The lowest BCUT2D eigenvalue weighted by molar-refractivity contribution is -0.143. The molecule has 0 atom stereocenters. The Morgan fingerprint density at radius 1 is 1.14 bits per heavy atom. The van der Waals surface area contributed by atoms with Crippen molar-refractivity contribution in [3.05, 3.63) is 33.4 Å². The Balaban J connectivity index is 2.29. The third kappa shape index (κ3) is 7.39. The van der Waals surface area contributed by atoms with Crippen LogP contribution in [0.2, 0.25) is 0 Å². The average molecular weight is 428 g/mol. The standard InChI is InChI=1S/C12H13IO7S/c13-10-4-2-1-3-9(10)12(15)20-6-5-11(14)19-7-8-21(16,17)18/h1-4H,5-8H2,(H,16,17,18). The van der Waals surface area contributed by atoms with E-state index >= 15 is 0 Å². The molecule has 1 rings (SSSR count). The van der Waals surface area contributed by atoms with Gasteiger partial charge in [0, 0.05) is 3.57 Å². The number of carbonyl (C=O) groups excluding carboxylic acids is 2. The smallest absolute Gasteiger partial charge is 0.339 e. The number of benzene rings is 1. The van der Waals surface area contributed by atoms with E-state index < -0.39 is 34.4 Å². The third-order valence-corrected chi connectivity index (χ3v) is 3.86. The normalized spacial score (nSPS) is 11.0. The number of carbonyl (C=O) groups is 2. The van der Waals surface area contributed by atoms with E-state index in [0.717, 1.165) is 3.57 Å². The molecule has 21 heavy (non-hydrogen) atoms. The summed E-state index contributed by atoms with van der Waals surface area (Å²) in [7, 11) is -4.16. The molecule has 0 aliphatic carbocycles. The number of rotatable bonds is 7. The second kappa shape index (κ2) is 8.29. The van der Waals surface area contributed by atoms with Gasteiger partial charge in [-0.05, 0) is 34.7 Å². The maximum absolute atomic E-state index is 11.7. The molecular formula is C12H13IO7S. The Morgan fingerprint density at radius 3 is 2.43 bits per heavy atom. The van der Waals surface area contributed by atoms with Gasteiger partial charge < -0.3 is 9.47 Å². The van der Waals surface area contributed by atoms with Crippen molar-refractivity contribution < 1.29 is 32.0 Å². The molecule has 0 unspecified atom stereocenters. The molecule has 0 heterocycles. The first kappa shape index (κ1) is 17.9. The molecule has 116 valence electrons. The second-order valence-electron chi connectivity index (χ2n) is 3.87. The van der Waals surface area contributed by atoms with Crippen LogP contribution in [0.3, 0.4) is 0 Å². The first-order valence-electron chi connectivity index (χ1n) is 5.82. The Bertz CT molecular complexity index is 612. The summed E-state index contributed by atoms with van der Waals surface area (Å²) in [6.07, 6.45) is -0.194. The van der Waals surface area contributed by atoms with E-state index in [9.17, 15) is 18.0 Å². The topological polar surface area (TPSA) is 107 Å². The van der Waals surface area contributed by atoms with Gasteiger partial charge in [-0.2, -0.15) is 8.42 Å². The molecule has 0 fully saturated rings. The quantitative estimate of drug-likeness (QED) is 0.396. The summed E-state index contributed by atoms with van der Waals surface area (Å²) < 4.78 is 39.4. The van der Waals surface area contributed by atoms with Crippen molar-refractivity contribution in [2.24, 2.45) is 0 Å². The third-order valence-electron chi connectivity index (χ3n) is 2.24. The summed E-state index contributed by atoms with van der Waals surface area (Å²) in [4.78, 5) is 22.9.